The zero-order valence-electron chi connectivity index (χ0n) is 10.8. The van der Waals surface area contributed by atoms with Crippen LogP contribution in [0.1, 0.15) is 12.8 Å². The van der Waals surface area contributed by atoms with Crippen LogP contribution >= 0.6 is 11.8 Å². The average Bonchev–Trinajstić information content (AvgIpc) is 2.72. The molecule has 8 heteroatoms. The number of carbonyl (C=O) groups is 3. The van der Waals surface area contributed by atoms with Crippen LogP contribution in [-0.2, 0) is 14.4 Å². The van der Waals surface area contributed by atoms with Gasteiger partial charge in [-0.15, -0.1) is 0 Å². The topological polar surface area (TPSA) is 66.5 Å². The van der Waals surface area contributed by atoms with E-state index in [1.54, 1.807) is 0 Å². The number of alkyl halides is 2. The molecular formula is C13H12F2N2O3S. The summed E-state index contributed by atoms with van der Waals surface area (Å²) < 4.78 is 24.3. The van der Waals surface area contributed by atoms with Gasteiger partial charge in [-0.05, 0) is 24.3 Å². The van der Waals surface area contributed by atoms with Gasteiger partial charge in [-0.3, -0.25) is 19.3 Å². The van der Waals surface area contributed by atoms with E-state index in [0.717, 1.165) is 4.90 Å². The minimum Gasteiger partial charge on any atom is -0.325 e. The number of nitrogens with zero attached hydrogens (tertiary/aromatic N) is 1. The maximum absolute atomic E-state index is 12.2. The number of rotatable bonds is 5. The largest absolute Gasteiger partial charge is 0.325 e. The summed E-state index contributed by atoms with van der Waals surface area (Å²) in [7, 11) is 0. The standard InChI is InChI=1S/C13H12F2N2O3S/c14-13(15)21-9-3-1-8(2-4-9)16-10(18)7-17-11(19)5-6-12(17)20/h1-4,13H,5-7H2,(H,16,18). The van der Waals surface area contributed by atoms with Gasteiger partial charge in [0.05, 0.1) is 0 Å². The number of amides is 3. The molecule has 0 saturated carbocycles. The normalized spacial score (nSPS) is 14.9. The molecule has 0 atom stereocenters. The molecule has 1 aromatic carbocycles. The van der Waals surface area contributed by atoms with E-state index in [1.807, 2.05) is 0 Å². The molecule has 112 valence electrons. The first-order chi connectivity index (χ1) is 9.95. The highest BCUT2D eigenvalue weighted by molar-refractivity contribution is 7.99. The lowest BCUT2D eigenvalue weighted by Crippen LogP contribution is -2.36. The summed E-state index contributed by atoms with van der Waals surface area (Å²) in [6.07, 6.45) is 0.261. The molecule has 0 aromatic heterocycles. The molecule has 2 rings (SSSR count). The fourth-order valence-electron chi connectivity index (χ4n) is 1.86. The average molecular weight is 314 g/mol. The van der Waals surface area contributed by atoms with Gasteiger partial charge in [0.15, 0.2) is 0 Å². The van der Waals surface area contributed by atoms with Crippen LogP contribution in [0.2, 0.25) is 0 Å². The number of hydrogen-bond donors (Lipinski definition) is 1. The van der Waals surface area contributed by atoms with E-state index in [9.17, 15) is 23.2 Å². The smallest absolute Gasteiger partial charge is 0.288 e. The fraction of sp³-hybridized carbons (Fsp3) is 0.308. The van der Waals surface area contributed by atoms with Crippen molar-refractivity contribution in [3.63, 3.8) is 0 Å². The van der Waals surface area contributed by atoms with Gasteiger partial charge >= 0.3 is 0 Å². The molecule has 1 N–H and O–H groups in total. The molecule has 1 heterocycles. The highest BCUT2D eigenvalue weighted by Gasteiger charge is 2.30. The van der Waals surface area contributed by atoms with Crippen molar-refractivity contribution in [1.82, 2.24) is 4.90 Å². The van der Waals surface area contributed by atoms with Crippen molar-refractivity contribution < 1.29 is 23.2 Å². The van der Waals surface area contributed by atoms with Crippen molar-refractivity contribution in [3.8, 4) is 0 Å². The number of imide groups is 1. The second-order valence-corrected chi connectivity index (χ2v) is 5.39. The van der Waals surface area contributed by atoms with Gasteiger partial charge in [0.25, 0.3) is 5.76 Å². The molecule has 0 unspecified atom stereocenters. The molecule has 1 fully saturated rings. The van der Waals surface area contributed by atoms with Gasteiger partial charge in [0.1, 0.15) is 6.54 Å². The summed E-state index contributed by atoms with van der Waals surface area (Å²) >= 11 is 0.409. The van der Waals surface area contributed by atoms with Crippen molar-refractivity contribution in [2.75, 3.05) is 11.9 Å². The molecule has 0 bridgehead atoms. The number of likely N-dealkylation sites (tertiary alicyclic amines) is 1. The maximum atomic E-state index is 12.2. The Labute approximate surface area is 123 Å². The molecule has 1 saturated heterocycles. The summed E-state index contributed by atoms with van der Waals surface area (Å²) in [5, 5.41) is 2.51. The van der Waals surface area contributed by atoms with Crippen molar-refractivity contribution in [2.45, 2.75) is 23.5 Å². The molecular weight excluding hydrogens is 302 g/mol. The van der Waals surface area contributed by atoms with Crippen LogP contribution in [0.3, 0.4) is 0 Å². The number of halogens is 2. The Balaban J connectivity index is 1.90. The zero-order chi connectivity index (χ0) is 15.4. The predicted molar refractivity (Wildman–Crippen MR) is 72.9 cm³/mol. The first kappa shape index (κ1) is 15.4. The van der Waals surface area contributed by atoms with Crippen LogP contribution < -0.4 is 5.32 Å². The van der Waals surface area contributed by atoms with E-state index < -0.39 is 11.7 Å². The Bertz CT molecular complexity index is 547. The molecule has 21 heavy (non-hydrogen) atoms. The Morgan fingerprint density at radius 2 is 1.76 bits per heavy atom. The summed E-state index contributed by atoms with van der Waals surface area (Å²) in [5.41, 5.74) is 0.415. The number of benzene rings is 1. The van der Waals surface area contributed by atoms with Crippen molar-refractivity contribution in [2.24, 2.45) is 0 Å². The second kappa shape index (κ2) is 6.66. The van der Waals surface area contributed by atoms with Crippen molar-refractivity contribution in [3.05, 3.63) is 24.3 Å². The van der Waals surface area contributed by atoms with Crippen LogP contribution in [0.25, 0.3) is 0 Å². The number of carbonyl (C=O) groups excluding carboxylic acids is 3. The SMILES string of the molecule is O=C(CN1C(=O)CCC1=O)Nc1ccc(SC(F)F)cc1. The van der Waals surface area contributed by atoms with E-state index in [0.29, 0.717) is 22.3 Å². The Morgan fingerprint density at radius 3 is 2.29 bits per heavy atom. The lowest BCUT2D eigenvalue weighted by Gasteiger charge is -2.13. The molecule has 0 aliphatic carbocycles. The molecule has 1 aromatic rings. The molecule has 3 amide bonds. The van der Waals surface area contributed by atoms with Gasteiger partial charge in [-0.25, -0.2) is 0 Å². The molecule has 0 radical (unpaired) electrons. The first-order valence-corrected chi connectivity index (χ1v) is 7.01. The highest BCUT2D eigenvalue weighted by atomic mass is 32.2. The number of hydrogen-bond acceptors (Lipinski definition) is 4. The summed E-state index contributed by atoms with van der Waals surface area (Å²) in [4.78, 5) is 35.8. The quantitative estimate of drug-likeness (QED) is 0.667. The third kappa shape index (κ3) is 4.25. The highest BCUT2D eigenvalue weighted by Crippen LogP contribution is 2.26. The maximum Gasteiger partial charge on any atom is 0.288 e. The van der Waals surface area contributed by atoms with Gasteiger partial charge in [0.2, 0.25) is 17.7 Å². The third-order valence-corrected chi connectivity index (χ3v) is 3.54. The lowest BCUT2D eigenvalue weighted by molar-refractivity contribution is -0.141. The van der Waals surface area contributed by atoms with Gasteiger partial charge in [-0.1, -0.05) is 11.8 Å². The van der Waals surface area contributed by atoms with E-state index >= 15 is 0 Å². The summed E-state index contributed by atoms with van der Waals surface area (Å²) in [6, 6.07) is 5.88. The molecule has 1 aliphatic heterocycles. The van der Waals surface area contributed by atoms with E-state index in [2.05, 4.69) is 5.32 Å². The van der Waals surface area contributed by atoms with Crippen molar-refractivity contribution in [1.29, 1.82) is 0 Å². The van der Waals surface area contributed by atoms with Crippen LogP contribution in [-0.4, -0.2) is 34.9 Å². The Hall–Kier alpha value is -1.96. The minimum absolute atomic E-state index is 0.131. The lowest BCUT2D eigenvalue weighted by atomic mass is 10.3. The van der Waals surface area contributed by atoms with E-state index in [-0.39, 0.29) is 31.2 Å². The van der Waals surface area contributed by atoms with E-state index in [1.165, 1.54) is 24.3 Å². The summed E-state index contributed by atoms with van der Waals surface area (Å²) in [6.45, 7) is -0.328. The minimum atomic E-state index is -2.50. The van der Waals surface area contributed by atoms with Gasteiger partial charge < -0.3 is 5.32 Å². The zero-order valence-corrected chi connectivity index (χ0v) is 11.7. The van der Waals surface area contributed by atoms with Gasteiger partial charge in [0, 0.05) is 23.4 Å². The van der Waals surface area contributed by atoms with Crippen molar-refractivity contribution >= 4 is 35.2 Å². The molecule has 0 spiro atoms. The fourth-order valence-corrected chi connectivity index (χ4v) is 2.36. The molecule has 1 aliphatic rings. The van der Waals surface area contributed by atoms with Crippen LogP contribution in [0.4, 0.5) is 14.5 Å². The number of anilines is 1. The summed E-state index contributed by atoms with van der Waals surface area (Å²) in [5.74, 6) is -3.73. The second-order valence-electron chi connectivity index (χ2n) is 4.32. The number of thioether (sulfide) groups is 1. The Morgan fingerprint density at radius 1 is 1.19 bits per heavy atom. The number of nitrogens with one attached hydrogen (secondary N) is 1. The van der Waals surface area contributed by atoms with Crippen LogP contribution in [0, 0.1) is 0 Å². The first-order valence-electron chi connectivity index (χ1n) is 6.13. The molecule has 5 nitrogen and oxygen atoms in total. The van der Waals surface area contributed by atoms with Crippen LogP contribution in [0.15, 0.2) is 29.2 Å². The third-order valence-electron chi connectivity index (χ3n) is 2.82. The monoisotopic (exact) mass is 314 g/mol. The van der Waals surface area contributed by atoms with E-state index in [4.69, 9.17) is 0 Å². The van der Waals surface area contributed by atoms with Crippen LogP contribution in [0.5, 0.6) is 0 Å². The van der Waals surface area contributed by atoms with Gasteiger partial charge in [-0.2, -0.15) is 8.78 Å². The Kier molecular flexibility index (Phi) is 4.89. The predicted octanol–water partition coefficient (Wildman–Crippen LogP) is 2.09.